The molecular formula is C16H20N4O2. The van der Waals surface area contributed by atoms with E-state index in [1.165, 1.54) is 0 Å². The lowest BCUT2D eigenvalue weighted by Crippen LogP contribution is -2.36. The Balaban J connectivity index is 1.63. The number of carbonyl (C=O) groups is 1. The minimum absolute atomic E-state index is 0.137. The zero-order valence-electron chi connectivity index (χ0n) is 12.7. The topological polar surface area (TPSA) is 75.9 Å². The van der Waals surface area contributed by atoms with Gasteiger partial charge in [0, 0.05) is 38.2 Å². The van der Waals surface area contributed by atoms with Gasteiger partial charge in [0.25, 0.3) is 0 Å². The van der Waals surface area contributed by atoms with E-state index in [4.69, 9.17) is 11.2 Å². The summed E-state index contributed by atoms with van der Waals surface area (Å²) in [6, 6.07) is 3.71. The van der Waals surface area contributed by atoms with Gasteiger partial charge < -0.3 is 10.1 Å². The van der Waals surface area contributed by atoms with E-state index in [1.807, 2.05) is 12.1 Å². The van der Waals surface area contributed by atoms with Gasteiger partial charge in [-0.3, -0.25) is 9.78 Å². The normalized spacial score (nSPS) is 15.8. The predicted molar refractivity (Wildman–Crippen MR) is 81.8 cm³/mol. The molecule has 6 heteroatoms. The Morgan fingerprint density at radius 3 is 2.77 bits per heavy atom. The average Bonchev–Trinajstić information content (AvgIpc) is 3.31. The summed E-state index contributed by atoms with van der Waals surface area (Å²) in [6.07, 6.45) is 10.2. The second kappa shape index (κ2) is 7.66. The number of rotatable bonds is 9. The van der Waals surface area contributed by atoms with Crippen LogP contribution in [0.25, 0.3) is 0 Å². The van der Waals surface area contributed by atoms with Crippen molar-refractivity contribution in [2.75, 3.05) is 6.54 Å². The molecule has 0 aliphatic carbocycles. The molecule has 0 aromatic carbocycles. The van der Waals surface area contributed by atoms with Crippen molar-refractivity contribution >= 4 is 5.91 Å². The minimum atomic E-state index is -0.511. The van der Waals surface area contributed by atoms with Crippen LogP contribution in [0.5, 0.6) is 0 Å². The maximum atomic E-state index is 11.9. The quantitative estimate of drug-likeness (QED) is 0.709. The van der Waals surface area contributed by atoms with Crippen LogP contribution >= 0.6 is 0 Å². The first-order valence-electron chi connectivity index (χ1n) is 7.31. The fourth-order valence-electron chi connectivity index (χ4n) is 1.97. The Hall–Kier alpha value is -2.26. The zero-order valence-corrected chi connectivity index (χ0v) is 12.7. The molecule has 2 rings (SSSR count). The summed E-state index contributed by atoms with van der Waals surface area (Å²) in [6.45, 7) is 2.63. The number of carbonyl (C=O) groups excluding carboxylic acids is 1. The van der Waals surface area contributed by atoms with Crippen LogP contribution in [0.2, 0.25) is 0 Å². The molecule has 2 heterocycles. The summed E-state index contributed by atoms with van der Waals surface area (Å²) in [7, 11) is 0. The van der Waals surface area contributed by atoms with E-state index in [2.05, 4.69) is 26.4 Å². The third kappa shape index (κ3) is 4.93. The molecule has 1 aromatic rings. The molecular weight excluding hydrogens is 280 g/mol. The molecule has 1 aromatic heterocycles. The Bertz CT molecular complexity index is 559. The predicted octanol–water partition coefficient (Wildman–Crippen LogP) is 2.07. The van der Waals surface area contributed by atoms with Crippen molar-refractivity contribution in [1.82, 2.24) is 10.3 Å². The van der Waals surface area contributed by atoms with Crippen LogP contribution in [0.4, 0.5) is 0 Å². The van der Waals surface area contributed by atoms with Gasteiger partial charge in [-0.1, -0.05) is 0 Å². The first kappa shape index (κ1) is 16.1. The van der Waals surface area contributed by atoms with Crippen molar-refractivity contribution in [3.63, 3.8) is 0 Å². The number of terminal acetylenes is 1. The Labute approximate surface area is 130 Å². The van der Waals surface area contributed by atoms with Crippen molar-refractivity contribution in [3.05, 3.63) is 30.1 Å². The van der Waals surface area contributed by atoms with Crippen LogP contribution < -0.4 is 5.32 Å². The molecule has 116 valence electrons. The number of hydrogen-bond donors (Lipinski definition) is 1. The van der Waals surface area contributed by atoms with Crippen LogP contribution in [0.3, 0.4) is 0 Å². The summed E-state index contributed by atoms with van der Waals surface area (Å²) in [5.41, 5.74) is 0.624. The maximum Gasteiger partial charge on any atom is 0.248 e. The number of ether oxygens (including phenoxy) is 1. The standard InChI is InChI=1S/C16H20N4O2/c1-3-4-7-16(19-20-16)8-11-18-15(21)13(2)22-12-14-5-9-17-10-6-14/h1,5-6,9-10,13H,4,7-8,11-12H2,2H3,(H,18,21). The Morgan fingerprint density at radius 1 is 1.41 bits per heavy atom. The van der Waals surface area contributed by atoms with Crippen LogP contribution in [0.1, 0.15) is 31.7 Å². The van der Waals surface area contributed by atoms with Gasteiger partial charge in [0.15, 0.2) is 5.66 Å². The fraction of sp³-hybridized carbons (Fsp3) is 0.500. The van der Waals surface area contributed by atoms with Gasteiger partial charge in [0.1, 0.15) is 6.10 Å². The molecule has 6 nitrogen and oxygen atoms in total. The van der Waals surface area contributed by atoms with Gasteiger partial charge in [0.05, 0.1) is 6.61 Å². The number of hydrogen-bond acceptors (Lipinski definition) is 5. The molecule has 1 aliphatic rings. The van der Waals surface area contributed by atoms with E-state index in [1.54, 1.807) is 19.3 Å². The third-order valence-corrected chi connectivity index (χ3v) is 3.50. The van der Waals surface area contributed by atoms with Crippen LogP contribution in [-0.2, 0) is 16.1 Å². The van der Waals surface area contributed by atoms with Gasteiger partial charge in [-0.05, 0) is 24.6 Å². The first-order valence-corrected chi connectivity index (χ1v) is 7.31. The van der Waals surface area contributed by atoms with Gasteiger partial charge in [-0.15, -0.1) is 12.3 Å². The van der Waals surface area contributed by atoms with E-state index in [0.29, 0.717) is 26.0 Å². The van der Waals surface area contributed by atoms with E-state index in [0.717, 1.165) is 12.0 Å². The van der Waals surface area contributed by atoms with E-state index >= 15 is 0 Å². The molecule has 1 N–H and O–H groups in total. The zero-order chi connectivity index (χ0) is 15.8. The van der Waals surface area contributed by atoms with Crippen LogP contribution in [0, 0.1) is 12.3 Å². The number of nitrogens with zero attached hydrogens (tertiary/aromatic N) is 3. The van der Waals surface area contributed by atoms with E-state index in [9.17, 15) is 4.79 Å². The second-order valence-electron chi connectivity index (χ2n) is 5.24. The molecule has 0 fully saturated rings. The third-order valence-electron chi connectivity index (χ3n) is 3.50. The molecule has 0 spiro atoms. The highest BCUT2D eigenvalue weighted by Crippen LogP contribution is 2.35. The largest absolute Gasteiger partial charge is 0.364 e. The highest BCUT2D eigenvalue weighted by atomic mass is 16.5. The smallest absolute Gasteiger partial charge is 0.248 e. The average molecular weight is 300 g/mol. The summed E-state index contributed by atoms with van der Waals surface area (Å²) in [5.74, 6) is 2.44. The molecule has 0 radical (unpaired) electrons. The van der Waals surface area contributed by atoms with Crippen molar-refractivity contribution in [2.24, 2.45) is 10.2 Å². The molecule has 1 atom stereocenters. The summed E-state index contributed by atoms with van der Waals surface area (Å²) < 4.78 is 5.54. The SMILES string of the molecule is C#CCCC1(CCNC(=O)C(C)OCc2ccncc2)N=N1. The monoisotopic (exact) mass is 300 g/mol. The van der Waals surface area contributed by atoms with Crippen LogP contribution in [0.15, 0.2) is 34.8 Å². The Morgan fingerprint density at radius 2 is 2.14 bits per heavy atom. The minimum Gasteiger partial charge on any atom is -0.364 e. The van der Waals surface area contributed by atoms with E-state index in [-0.39, 0.29) is 11.6 Å². The van der Waals surface area contributed by atoms with Crippen molar-refractivity contribution in [1.29, 1.82) is 0 Å². The maximum absolute atomic E-state index is 11.9. The molecule has 0 saturated carbocycles. The highest BCUT2D eigenvalue weighted by Gasteiger charge is 2.38. The van der Waals surface area contributed by atoms with Crippen molar-refractivity contribution in [2.45, 2.75) is 44.6 Å². The van der Waals surface area contributed by atoms with Gasteiger partial charge in [0.2, 0.25) is 5.91 Å². The summed E-state index contributed by atoms with van der Waals surface area (Å²) in [5, 5.41) is 10.9. The molecule has 0 bridgehead atoms. The lowest BCUT2D eigenvalue weighted by atomic mass is 10.0. The molecule has 1 amide bonds. The molecule has 22 heavy (non-hydrogen) atoms. The highest BCUT2D eigenvalue weighted by molar-refractivity contribution is 5.80. The second-order valence-corrected chi connectivity index (χ2v) is 5.24. The molecule has 1 unspecified atom stereocenters. The van der Waals surface area contributed by atoms with Gasteiger partial charge >= 0.3 is 0 Å². The lowest BCUT2D eigenvalue weighted by molar-refractivity contribution is -0.132. The van der Waals surface area contributed by atoms with Gasteiger partial charge in [-0.25, -0.2) is 0 Å². The van der Waals surface area contributed by atoms with Crippen molar-refractivity contribution < 1.29 is 9.53 Å². The number of aromatic nitrogens is 1. The Kier molecular flexibility index (Phi) is 5.61. The number of amides is 1. The van der Waals surface area contributed by atoms with Gasteiger partial charge in [-0.2, -0.15) is 10.2 Å². The molecule has 0 saturated heterocycles. The molecule has 1 aliphatic heterocycles. The summed E-state index contributed by atoms with van der Waals surface area (Å²) in [4.78, 5) is 15.9. The van der Waals surface area contributed by atoms with Crippen molar-refractivity contribution in [3.8, 4) is 12.3 Å². The first-order chi connectivity index (χ1) is 10.7. The summed E-state index contributed by atoms with van der Waals surface area (Å²) >= 11 is 0. The lowest BCUT2D eigenvalue weighted by Gasteiger charge is -2.14. The number of pyridine rings is 1. The van der Waals surface area contributed by atoms with Crippen LogP contribution in [-0.4, -0.2) is 29.2 Å². The fourth-order valence-corrected chi connectivity index (χ4v) is 1.97. The number of nitrogens with one attached hydrogen (secondary N) is 1. The van der Waals surface area contributed by atoms with E-state index < -0.39 is 6.10 Å².